The fraction of sp³-hybridized carbons (Fsp3) is 0.426. The molecule has 31 heteroatoms. The summed E-state index contributed by atoms with van der Waals surface area (Å²) in [5.41, 5.74) is 18.6. The molecule has 0 unspecified atom stereocenters. The molecule has 0 radical (unpaired) electrons. The van der Waals surface area contributed by atoms with Crippen molar-refractivity contribution in [3.63, 3.8) is 0 Å². The molecule has 7 N–H and O–H groups in total. The third-order valence-corrected chi connectivity index (χ3v) is 23.0. The number of benzene rings is 6. The van der Waals surface area contributed by atoms with Crippen molar-refractivity contribution in [3.8, 4) is 11.5 Å². The molecule has 4 aliphatic rings. The number of nitrogens with zero attached hydrogens (tertiary/aromatic N) is 3. The number of ether oxygens (including phenoxy) is 2. The van der Waals surface area contributed by atoms with Gasteiger partial charge in [-0.2, -0.15) is 0 Å². The molecule has 6 aromatic rings. The smallest absolute Gasteiger partial charge is 0.240 e. The van der Waals surface area contributed by atoms with Crippen LogP contribution in [0.2, 0.25) is 0 Å². The minimum absolute atomic E-state index is 0.000839. The number of sulfonamides is 1. The van der Waals surface area contributed by atoms with Gasteiger partial charge in [0.2, 0.25) is 27.7 Å². The number of hydrogen-bond donors (Lipinski definition) is 4. The predicted octanol–water partition coefficient (Wildman–Crippen LogP) is 8.64. The minimum Gasteiger partial charge on any atom is -0.486 e. The molecule has 10 rings (SSSR count). The number of fused-ring (bicyclic) bond motifs is 1. The number of carbonyl (C=O) groups is 3. The molecule has 0 saturated carbocycles. The van der Waals surface area contributed by atoms with Crippen molar-refractivity contribution in [1.82, 2.24) is 19.4 Å². The quantitative estimate of drug-likeness (QED) is 0.0281. The van der Waals surface area contributed by atoms with Gasteiger partial charge in [-0.1, -0.05) is 18.2 Å². The maximum Gasteiger partial charge on any atom is 0.240 e. The summed E-state index contributed by atoms with van der Waals surface area (Å²) < 4.78 is 222. The van der Waals surface area contributed by atoms with Gasteiger partial charge in [0.15, 0.2) is 66.1 Å². The zero-order valence-corrected chi connectivity index (χ0v) is 56.1. The normalized spacial score (nSPS) is 16.6. The molecule has 538 valence electrons. The summed E-state index contributed by atoms with van der Waals surface area (Å²) >= 11 is 0. The fourth-order valence-electron chi connectivity index (χ4n) is 12.1. The van der Waals surface area contributed by atoms with E-state index in [1.165, 1.54) is 30.3 Å². The van der Waals surface area contributed by atoms with Gasteiger partial charge >= 0.3 is 0 Å². The number of sulfone groups is 2. The Balaban J connectivity index is 0.000000190. The van der Waals surface area contributed by atoms with Crippen LogP contribution in [-0.4, -0.2) is 146 Å². The highest BCUT2D eigenvalue weighted by molar-refractivity contribution is 7.91. The molecule has 99 heavy (non-hydrogen) atoms. The van der Waals surface area contributed by atoms with E-state index in [0.29, 0.717) is 121 Å². The number of nitrogens with two attached hydrogens (primary N) is 3. The third kappa shape index (κ3) is 21.4. The Morgan fingerprint density at radius 2 is 0.747 bits per heavy atom. The first-order valence-electron chi connectivity index (χ1n) is 32.0. The standard InChI is InChI=1S/C24H28F3N3O5S.C22H24F4N2O3S.C22H25F3N2O3S/c25-18-14-20(27)19(26)11-16(18)12-21(28)15-4-7-30(8-5-15)24(31)3-6-29-36(32,33)17-1-2-22-23(13-17)35-10-9-34-22;23-16-1-3-17(4-2-16)32(30,31)10-7-22(29)28-8-5-14(6-9-28)21(27)12-15-11-19(25)20(26)13-18(15)24;23-18-14-20(25)19(24)12-16(18)13-21(26)15-6-9-27(10-7-15)22(28)8-11-31(29,30)17-4-2-1-3-5-17/h1-2,11,13-15,21,29H,3-10,12,28H2;1-4,11,13-14,21H,5-10,12,27H2;1-5,12,14-15,21H,6-11,13,26H2/t3*21-/m111/s1. The van der Waals surface area contributed by atoms with Gasteiger partial charge < -0.3 is 41.4 Å². The van der Waals surface area contributed by atoms with E-state index < -0.39 is 106 Å². The van der Waals surface area contributed by atoms with E-state index >= 15 is 0 Å². The molecule has 3 saturated heterocycles. The summed E-state index contributed by atoms with van der Waals surface area (Å²) in [6.07, 6.45) is 3.20. The monoisotopic (exact) mass is 1450 g/mol. The molecule has 6 aromatic carbocycles. The summed E-state index contributed by atoms with van der Waals surface area (Å²) in [6.45, 7) is 3.09. The number of amides is 3. The lowest BCUT2D eigenvalue weighted by Gasteiger charge is -2.35. The SMILES string of the molecule is N[C@H](Cc1cc(F)c(F)cc1F)C1CCN(C(=O)CCNS(=O)(=O)c2ccc3c(c2)OCCO3)CC1.N[C@H](Cc1cc(F)c(F)cc1F)C1CCN(C(=O)CCS(=O)(=O)c2ccc(F)cc2)CC1.N[C@H](Cc1cc(F)c(F)cc1F)C1CCN(C(=O)CCS(=O)(=O)c2ccccc2)CC1. The maximum absolute atomic E-state index is 13.9. The van der Waals surface area contributed by atoms with Crippen molar-refractivity contribution >= 4 is 47.4 Å². The van der Waals surface area contributed by atoms with Crippen LogP contribution in [0.3, 0.4) is 0 Å². The number of nitrogens with one attached hydrogen (secondary N) is 1. The third-order valence-electron chi connectivity index (χ3n) is 18.0. The second-order valence-electron chi connectivity index (χ2n) is 24.7. The van der Waals surface area contributed by atoms with Crippen LogP contribution in [0.1, 0.15) is 74.5 Å². The lowest BCUT2D eigenvalue weighted by atomic mass is 9.86. The van der Waals surface area contributed by atoms with E-state index in [1.807, 2.05) is 0 Å². The number of hydrogen-bond acceptors (Lipinski definition) is 14. The van der Waals surface area contributed by atoms with E-state index in [9.17, 15) is 83.5 Å². The number of rotatable bonds is 22. The van der Waals surface area contributed by atoms with Gasteiger partial charge in [0.05, 0.1) is 26.2 Å². The van der Waals surface area contributed by atoms with E-state index in [1.54, 1.807) is 32.9 Å². The topological polar surface area (TPSA) is 272 Å². The molecule has 3 atom stereocenters. The molecule has 3 amide bonds. The van der Waals surface area contributed by atoms with E-state index in [2.05, 4.69) is 4.72 Å². The predicted molar refractivity (Wildman–Crippen MR) is 345 cm³/mol. The molecule has 4 aliphatic heterocycles. The van der Waals surface area contributed by atoms with Crippen molar-refractivity contribution in [3.05, 3.63) is 184 Å². The van der Waals surface area contributed by atoms with Crippen LogP contribution < -0.4 is 31.4 Å². The number of carbonyl (C=O) groups excluding carboxylic acids is 3. The van der Waals surface area contributed by atoms with Gasteiger partial charge in [-0.05, 0) is 159 Å². The Morgan fingerprint density at radius 3 is 1.13 bits per heavy atom. The fourth-order valence-corrected chi connectivity index (χ4v) is 15.7. The first-order valence-corrected chi connectivity index (χ1v) is 36.8. The molecule has 4 heterocycles. The first-order chi connectivity index (χ1) is 46.9. The molecule has 0 spiro atoms. The Bertz CT molecular complexity index is 4150. The molecule has 0 bridgehead atoms. The number of piperidine rings is 3. The van der Waals surface area contributed by atoms with Crippen LogP contribution in [0.4, 0.5) is 43.9 Å². The highest BCUT2D eigenvalue weighted by Gasteiger charge is 2.33. The number of likely N-dealkylation sites (tertiary alicyclic amines) is 3. The van der Waals surface area contributed by atoms with Crippen molar-refractivity contribution < 1.29 is 93.0 Å². The van der Waals surface area contributed by atoms with Gasteiger partial charge in [0.25, 0.3) is 0 Å². The molecule has 0 aliphatic carbocycles. The Hall–Kier alpha value is -7.68. The van der Waals surface area contributed by atoms with Crippen molar-refractivity contribution in [2.24, 2.45) is 35.0 Å². The van der Waals surface area contributed by atoms with Crippen LogP contribution in [0, 0.1) is 75.9 Å². The first kappa shape index (κ1) is 77.1. The van der Waals surface area contributed by atoms with Gasteiger partial charge in [-0.15, -0.1) is 0 Å². The van der Waals surface area contributed by atoms with Gasteiger partial charge in [-0.3, -0.25) is 14.4 Å². The highest BCUT2D eigenvalue weighted by atomic mass is 32.2. The lowest BCUT2D eigenvalue weighted by Crippen LogP contribution is -2.44. The van der Waals surface area contributed by atoms with E-state index in [4.69, 9.17) is 26.7 Å². The molecular weight excluding hydrogens is 1380 g/mol. The van der Waals surface area contributed by atoms with Crippen LogP contribution in [0.5, 0.6) is 11.5 Å². The Kier molecular flexibility index (Phi) is 26.9. The molecule has 18 nitrogen and oxygen atoms in total. The second-order valence-corrected chi connectivity index (χ2v) is 30.7. The summed E-state index contributed by atoms with van der Waals surface area (Å²) in [7, 11) is -11.1. The summed E-state index contributed by atoms with van der Waals surface area (Å²) in [5, 5.41) is 0. The molecular formula is C68H77F10N7O11S3. The average Bonchev–Trinajstić information content (AvgIpc) is 0.797. The van der Waals surface area contributed by atoms with Crippen molar-refractivity contribution in [2.75, 3.05) is 70.5 Å². The lowest BCUT2D eigenvalue weighted by molar-refractivity contribution is -0.133. The van der Waals surface area contributed by atoms with Gasteiger partial charge in [0, 0.05) is 107 Å². The van der Waals surface area contributed by atoms with E-state index in [0.717, 1.165) is 42.5 Å². The van der Waals surface area contributed by atoms with Crippen molar-refractivity contribution in [2.45, 2.75) is 110 Å². The Labute approximate surface area is 568 Å². The van der Waals surface area contributed by atoms with Gasteiger partial charge in [0.1, 0.15) is 36.5 Å². The zero-order chi connectivity index (χ0) is 71.9. The zero-order valence-electron chi connectivity index (χ0n) is 53.7. The molecule has 0 aromatic heterocycles. The van der Waals surface area contributed by atoms with Crippen LogP contribution in [-0.2, 0) is 63.3 Å². The average molecular weight is 1450 g/mol. The van der Waals surface area contributed by atoms with E-state index in [-0.39, 0.29) is 123 Å². The van der Waals surface area contributed by atoms with Crippen molar-refractivity contribution in [1.29, 1.82) is 0 Å². The van der Waals surface area contributed by atoms with Crippen LogP contribution in [0.15, 0.2) is 124 Å². The minimum atomic E-state index is -3.83. The number of halogens is 10. The summed E-state index contributed by atoms with van der Waals surface area (Å²) in [4.78, 5) is 42.5. The van der Waals surface area contributed by atoms with Crippen LogP contribution >= 0.6 is 0 Å². The maximum atomic E-state index is 13.9. The largest absolute Gasteiger partial charge is 0.486 e. The van der Waals surface area contributed by atoms with Gasteiger partial charge in [-0.25, -0.2) is 73.9 Å². The van der Waals surface area contributed by atoms with Crippen LogP contribution in [0.25, 0.3) is 0 Å². The summed E-state index contributed by atoms with van der Waals surface area (Å²) in [5.74, 6) is -10.8. The molecule has 3 fully saturated rings. The highest BCUT2D eigenvalue weighted by Crippen LogP contribution is 2.33. The second kappa shape index (κ2) is 34.6. The Morgan fingerprint density at radius 1 is 0.414 bits per heavy atom. The summed E-state index contributed by atoms with van der Waals surface area (Å²) in [6, 6.07) is 19.3.